The van der Waals surface area contributed by atoms with E-state index in [0.717, 1.165) is 67.9 Å². The monoisotopic (exact) mass is 1640 g/mol. The molecule has 0 amide bonds. The molecular formula is C66H103B2BrF6N5O10SSiU. The van der Waals surface area contributed by atoms with Crippen molar-refractivity contribution in [3.8, 4) is 0 Å². The number of aliphatic hydroxyl groups excluding tert-OH is 2. The molecule has 6 rings (SSSR count). The SMILES string of the molecule is C=C1CN(C)C[C@H](COCc2ccccc2)O1.C=CCN(C)C[C@@H](O)COCc1ccccc1.CC[SiH](CC)CC.CN(CCCBr)C[C@@H](O)COCc1ccccc1.C[C@@H]1CN(C)C[C@H](COCc2ccccc2)O1.O=CC(F)(F)F.O=CC(F)(F)F.[2H][B].[B]=NS.[U]. The molecule has 4 aromatic rings. The van der Waals surface area contributed by atoms with Crippen LogP contribution in [0.2, 0.25) is 18.1 Å². The van der Waals surface area contributed by atoms with E-state index in [4.69, 9.17) is 39.3 Å². The number of aliphatic hydroxyl groups is 2. The first kappa shape index (κ1) is 93.9. The number of halogens is 7. The van der Waals surface area contributed by atoms with Crippen molar-refractivity contribution in [3.05, 3.63) is 169 Å². The minimum absolute atomic E-state index is 0. The van der Waals surface area contributed by atoms with Crippen molar-refractivity contribution >= 4 is 66.1 Å². The van der Waals surface area contributed by atoms with Crippen LogP contribution in [0.15, 0.2) is 151 Å². The van der Waals surface area contributed by atoms with Crippen LogP contribution < -0.4 is 0 Å². The van der Waals surface area contributed by atoms with Crippen molar-refractivity contribution in [2.24, 2.45) is 4.30 Å². The van der Waals surface area contributed by atoms with E-state index in [1.165, 1.54) is 29.3 Å². The van der Waals surface area contributed by atoms with Gasteiger partial charge in [-0.15, -0.1) is 6.58 Å². The van der Waals surface area contributed by atoms with Gasteiger partial charge in [0, 0.05) is 92.9 Å². The third-order valence-electron chi connectivity index (χ3n) is 12.6. The molecule has 0 aliphatic carbocycles. The normalized spacial score (nSPS) is 15.8. The Morgan fingerprint density at radius 1 is 0.710 bits per heavy atom. The van der Waals surface area contributed by atoms with E-state index in [0.29, 0.717) is 72.0 Å². The Morgan fingerprint density at radius 3 is 1.37 bits per heavy atom. The summed E-state index contributed by atoms with van der Waals surface area (Å²) >= 11 is 6.59. The Labute approximate surface area is 595 Å². The van der Waals surface area contributed by atoms with Gasteiger partial charge in [0.15, 0.2) is 0 Å². The van der Waals surface area contributed by atoms with Crippen LogP contribution in [0.3, 0.4) is 0 Å². The zero-order valence-electron chi connectivity index (χ0n) is 56.7. The zero-order valence-corrected chi connectivity index (χ0v) is 63.4. The number of rotatable bonds is 28. The van der Waals surface area contributed by atoms with Crippen molar-refractivity contribution in [2.45, 2.75) is 122 Å². The summed E-state index contributed by atoms with van der Waals surface area (Å²) in [5.41, 5.74) is 4.66. The summed E-state index contributed by atoms with van der Waals surface area (Å²) in [7, 11) is 16.1. The molecule has 0 spiro atoms. The molecule has 93 heavy (non-hydrogen) atoms. The number of ether oxygens (including phenoxy) is 6. The average Bonchev–Trinajstić information content (AvgIpc) is 1.30. The minimum atomic E-state index is -4.64. The summed E-state index contributed by atoms with van der Waals surface area (Å²) in [5.74, 6) is 0.826. The van der Waals surface area contributed by atoms with E-state index in [9.17, 15) is 36.6 Å². The van der Waals surface area contributed by atoms with Crippen LogP contribution in [0.4, 0.5) is 26.3 Å². The smallest absolute Gasteiger partial charge is 0 e. The van der Waals surface area contributed by atoms with Gasteiger partial charge in [-0.3, -0.25) is 14.5 Å². The van der Waals surface area contributed by atoms with Crippen LogP contribution in [-0.4, -0.2) is 224 Å². The van der Waals surface area contributed by atoms with Gasteiger partial charge in [-0.1, -0.05) is 189 Å². The molecule has 2 saturated heterocycles. The summed E-state index contributed by atoms with van der Waals surface area (Å²) in [6, 6.07) is 44.9. The van der Waals surface area contributed by atoms with E-state index >= 15 is 0 Å². The van der Waals surface area contributed by atoms with E-state index < -0.39 is 37.1 Å². The van der Waals surface area contributed by atoms with Gasteiger partial charge >= 0.3 is 37.1 Å². The molecule has 3 radical (unpaired) electrons. The topological polar surface area (TPSA) is 155 Å². The molecule has 5 atom stereocenters. The average molecular weight is 1640 g/mol. The Kier molecular flexibility index (Phi) is 62.8. The second kappa shape index (κ2) is 62.2. The van der Waals surface area contributed by atoms with Crippen molar-refractivity contribution in [2.75, 3.05) is 112 Å². The quantitative estimate of drug-likeness (QED) is 0.0123. The van der Waals surface area contributed by atoms with Gasteiger partial charge in [-0.25, -0.2) is 0 Å². The van der Waals surface area contributed by atoms with Crippen molar-refractivity contribution in [1.29, 1.82) is 1.34 Å². The summed E-state index contributed by atoms with van der Waals surface area (Å²) in [5, 5.41) is 20.5. The molecule has 2 fully saturated rings. The largest absolute Gasteiger partial charge is 0 e. The summed E-state index contributed by atoms with van der Waals surface area (Å²) in [6.45, 7) is 27.7. The van der Waals surface area contributed by atoms with Gasteiger partial charge in [0.2, 0.25) is 12.6 Å². The number of alkyl halides is 7. The second-order valence-electron chi connectivity index (χ2n) is 21.4. The van der Waals surface area contributed by atoms with E-state index in [1.807, 2.05) is 122 Å². The van der Waals surface area contributed by atoms with Gasteiger partial charge in [-0.05, 0) is 71.7 Å². The van der Waals surface area contributed by atoms with Crippen LogP contribution in [-0.2, 0) is 64.4 Å². The number of thiol groups is 1. The van der Waals surface area contributed by atoms with E-state index in [-0.39, 0.29) is 52.1 Å². The van der Waals surface area contributed by atoms with Gasteiger partial charge in [0.25, 0.3) is 0 Å². The third-order valence-corrected chi connectivity index (χ3v) is 16.7. The number of likely N-dealkylation sites (N-methyl/N-ethyl adjacent to an activating group) is 4. The second-order valence-corrected chi connectivity index (χ2v) is 26.6. The van der Waals surface area contributed by atoms with Gasteiger partial charge in [0.05, 0.1) is 83.8 Å². The van der Waals surface area contributed by atoms with Crippen LogP contribution in [0, 0.1) is 31.1 Å². The molecule has 2 heterocycles. The molecule has 0 aromatic heterocycles. The summed E-state index contributed by atoms with van der Waals surface area (Å²) in [6.07, 6.45) is -8.76. The van der Waals surface area contributed by atoms with Crippen LogP contribution in [0.1, 0.15) is 56.4 Å². The predicted octanol–water partition coefficient (Wildman–Crippen LogP) is 11.2. The number of carbonyl (C=O) groups is 2. The zero-order chi connectivity index (χ0) is 70.7. The summed E-state index contributed by atoms with van der Waals surface area (Å²) < 4.78 is 104. The fourth-order valence-corrected chi connectivity index (χ4v) is 10.4. The van der Waals surface area contributed by atoms with Crippen molar-refractivity contribution in [3.63, 3.8) is 0 Å². The van der Waals surface area contributed by atoms with E-state index in [1.54, 1.807) is 0 Å². The first-order valence-corrected chi connectivity index (χ1v) is 34.1. The molecule has 0 saturated carbocycles. The molecule has 521 valence electrons. The number of aldehydes is 2. The molecule has 2 aliphatic heterocycles. The third kappa shape index (κ3) is 62.0. The molecule has 0 bridgehead atoms. The maximum atomic E-state index is 10.4. The molecule has 2 aliphatic rings. The fraction of sp³-hybridized carbons (Fsp3) is 0.545. The Balaban J connectivity index is -0.000000513. The van der Waals surface area contributed by atoms with E-state index in [2.05, 4.69) is 143 Å². The molecular weight excluding hydrogens is 1540 g/mol. The first-order valence-electron chi connectivity index (χ1n) is 30.7. The number of benzene rings is 4. The van der Waals surface area contributed by atoms with Gasteiger partial charge in [-0.2, -0.15) is 26.3 Å². The molecule has 2 N–H and O–H groups in total. The Bertz CT molecular complexity index is 2350. The Morgan fingerprint density at radius 2 is 1.05 bits per heavy atom. The molecule has 0 unspecified atom stereocenters. The maximum Gasteiger partial charge on any atom is 0 e. The van der Waals surface area contributed by atoms with Crippen LogP contribution in [0.5, 0.6) is 0 Å². The molecule has 27 heteroatoms. The molecule has 4 aromatic carbocycles. The standard InChI is InChI=1S/C14H22BrNO2.C14H21NO2.C14H19NO2.C14H21NO2.C6H16Si.2C2HF3O.BHNS.BH.U/c1-16(9-5-8-15)10-14(17)12-18-11-13-6-3-2-4-7-13;2*1-12-8-15(2)9-14(17-12)11-16-10-13-6-4-3-5-7-13;1-3-9-15(2)10-14(16)12-17-11-13-7-5-4-6-8-13;1-4-7(5-2)6-3;2*3-2(4,5)1-6;1-2-3;;/h2-4,6-7,14,17H,5,8-12H2,1H3;3-7,12,14H,8-11H2,1-2H3;3-7,14H,1,8-11H2,2H3;3-8,14,16H,1,9-12H2,2H3;7H,4-6H2,1-3H3;2*1H;3H;1H;/t14-;12-,14-;2*14-;;;;;;/m1111....../s1/i;;;;;;;;1D;. The predicted molar refractivity (Wildman–Crippen MR) is 370 cm³/mol. The van der Waals surface area contributed by atoms with Crippen molar-refractivity contribution in [1.82, 2.24) is 19.6 Å². The first-order chi connectivity index (χ1) is 44.3. The number of nitrogens with zero attached hydrogens (tertiary/aromatic N) is 5. The minimum Gasteiger partial charge on any atom is 0 e. The van der Waals surface area contributed by atoms with Crippen molar-refractivity contribution < 1.29 is 106 Å². The number of hydrogen-bond donors (Lipinski definition) is 3. The van der Waals surface area contributed by atoms with Gasteiger partial charge < -0.3 is 53.3 Å². The summed E-state index contributed by atoms with van der Waals surface area (Å²) in [4.78, 5) is 26.0. The number of carbonyl (C=O) groups excluding carboxylic acids is 2. The molecule has 15 nitrogen and oxygen atoms in total. The number of morpholine rings is 2. The number of hydrogen-bond acceptors (Lipinski definition) is 16. The maximum absolute atomic E-state index is 10.4. The Hall–Kier alpha value is -3.33. The van der Waals surface area contributed by atoms with Crippen LogP contribution >= 0.6 is 28.7 Å². The van der Waals surface area contributed by atoms with Gasteiger partial charge in [0.1, 0.15) is 11.9 Å². The van der Waals surface area contributed by atoms with Crippen LogP contribution in [0.25, 0.3) is 0 Å². The fourth-order valence-electron chi connectivity index (χ4n) is 8.42.